The molecule has 0 fully saturated rings. The Morgan fingerprint density at radius 2 is 1.96 bits per heavy atom. The van der Waals surface area contributed by atoms with Crippen LogP contribution in [0.3, 0.4) is 0 Å². The first kappa shape index (κ1) is 15.5. The van der Waals surface area contributed by atoms with E-state index in [2.05, 4.69) is 26.9 Å². The average molecular weight is 335 g/mol. The third-order valence-corrected chi connectivity index (χ3v) is 4.18. The minimum atomic E-state index is -0.244. The van der Waals surface area contributed by atoms with Crippen LogP contribution in [0.4, 0.5) is 5.95 Å². The summed E-state index contributed by atoms with van der Waals surface area (Å²) < 4.78 is 7.28. The van der Waals surface area contributed by atoms with Crippen LogP contribution in [0.1, 0.15) is 23.7 Å². The summed E-state index contributed by atoms with van der Waals surface area (Å²) in [4.78, 5) is 12.5. The Hall–Kier alpha value is -3.06. The first-order valence-corrected chi connectivity index (χ1v) is 8.14. The molecule has 7 nitrogen and oxygen atoms in total. The molecular weight excluding hydrogens is 318 g/mol. The topological polar surface area (TPSA) is 81.9 Å². The summed E-state index contributed by atoms with van der Waals surface area (Å²) in [7, 11) is 0. The maximum absolute atomic E-state index is 12.5. The molecule has 0 spiro atoms. The summed E-state index contributed by atoms with van der Waals surface area (Å²) in [5.41, 5.74) is 3.09. The average Bonchev–Trinajstić information content (AvgIpc) is 3.11. The fourth-order valence-electron chi connectivity index (χ4n) is 3.00. The predicted molar refractivity (Wildman–Crippen MR) is 91.2 cm³/mol. The molecule has 1 atom stereocenters. The highest BCUT2D eigenvalue weighted by molar-refractivity contribution is 5.89. The Bertz CT molecular complexity index is 878. The molecule has 1 aliphatic rings. The van der Waals surface area contributed by atoms with Crippen molar-refractivity contribution in [2.45, 2.75) is 18.9 Å². The van der Waals surface area contributed by atoms with E-state index in [0.29, 0.717) is 12.6 Å². The molecule has 1 aromatic heterocycles. The molecule has 126 valence electrons. The van der Waals surface area contributed by atoms with Crippen LogP contribution in [-0.2, 0) is 16.0 Å². The number of para-hydroxylation sites is 1. The molecule has 0 saturated heterocycles. The van der Waals surface area contributed by atoms with Gasteiger partial charge in [-0.2, -0.15) is 4.68 Å². The third kappa shape index (κ3) is 3.27. The molecule has 0 bridgehead atoms. The number of tetrazole rings is 1. The highest BCUT2D eigenvalue weighted by Gasteiger charge is 2.24. The Balaban J connectivity index is 1.49. The van der Waals surface area contributed by atoms with E-state index in [1.165, 1.54) is 10.2 Å². The minimum Gasteiger partial charge on any atom is -0.373 e. The molecule has 1 N–H and O–H groups in total. The molecule has 2 aromatic carbocycles. The van der Waals surface area contributed by atoms with Crippen LogP contribution in [0.25, 0.3) is 5.69 Å². The second-order valence-electron chi connectivity index (χ2n) is 5.81. The van der Waals surface area contributed by atoms with E-state index in [1.54, 1.807) is 0 Å². The molecule has 1 aliphatic heterocycles. The summed E-state index contributed by atoms with van der Waals surface area (Å²) in [6, 6.07) is 17.5. The van der Waals surface area contributed by atoms with E-state index in [4.69, 9.17) is 4.74 Å². The number of carbonyl (C=O) groups is 1. The first-order chi connectivity index (χ1) is 12.3. The molecule has 0 aliphatic carbocycles. The number of fused-ring (bicyclic) bond motifs is 1. The largest absolute Gasteiger partial charge is 0.373 e. The van der Waals surface area contributed by atoms with Crippen molar-refractivity contribution in [3.8, 4) is 5.69 Å². The smallest absolute Gasteiger partial charge is 0.254 e. The van der Waals surface area contributed by atoms with Gasteiger partial charge >= 0.3 is 0 Å². The van der Waals surface area contributed by atoms with E-state index in [9.17, 15) is 4.79 Å². The van der Waals surface area contributed by atoms with Crippen LogP contribution in [0.15, 0.2) is 54.6 Å². The predicted octanol–water partition coefficient (Wildman–Crippen LogP) is 2.30. The van der Waals surface area contributed by atoms with Crippen LogP contribution in [0.2, 0.25) is 0 Å². The van der Waals surface area contributed by atoms with Crippen LogP contribution in [0, 0.1) is 0 Å². The molecule has 1 amide bonds. The van der Waals surface area contributed by atoms with Crippen molar-refractivity contribution in [1.82, 2.24) is 20.2 Å². The SMILES string of the molecule is O=C(CC1OCCc2ccccc21)Nc1nnnn1-c1ccccc1. The summed E-state index contributed by atoms with van der Waals surface area (Å²) in [5, 5.41) is 14.3. The van der Waals surface area contributed by atoms with Gasteiger partial charge in [-0.15, -0.1) is 0 Å². The fraction of sp³-hybridized carbons (Fsp3) is 0.222. The fourth-order valence-corrected chi connectivity index (χ4v) is 3.00. The maximum atomic E-state index is 12.5. The summed E-state index contributed by atoms with van der Waals surface area (Å²) in [5.74, 6) is 0.106. The minimum absolute atomic E-state index is 0.186. The lowest BCUT2D eigenvalue weighted by Crippen LogP contribution is -2.23. The van der Waals surface area contributed by atoms with Gasteiger partial charge in [-0.25, -0.2) is 0 Å². The summed E-state index contributed by atoms with van der Waals surface area (Å²) >= 11 is 0. The van der Waals surface area contributed by atoms with Crippen molar-refractivity contribution in [2.24, 2.45) is 0 Å². The number of anilines is 1. The zero-order chi connectivity index (χ0) is 17.1. The van der Waals surface area contributed by atoms with Crippen molar-refractivity contribution < 1.29 is 9.53 Å². The third-order valence-electron chi connectivity index (χ3n) is 4.18. The normalized spacial score (nSPS) is 16.2. The van der Waals surface area contributed by atoms with E-state index in [1.807, 2.05) is 48.5 Å². The van der Waals surface area contributed by atoms with Crippen molar-refractivity contribution in [1.29, 1.82) is 0 Å². The van der Waals surface area contributed by atoms with Gasteiger partial charge < -0.3 is 4.74 Å². The van der Waals surface area contributed by atoms with Gasteiger partial charge in [0.15, 0.2) is 0 Å². The summed E-state index contributed by atoms with van der Waals surface area (Å²) in [6.07, 6.45) is 0.852. The number of ether oxygens (including phenoxy) is 1. The number of amides is 1. The molecule has 25 heavy (non-hydrogen) atoms. The highest BCUT2D eigenvalue weighted by Crippen LogP contribution is 2.29. The Morgan fingerprint density at radius 1 is 1.16 bits per heavy atom. The number of benzene rings is 2. The van der Waals surface area contributed by atoms with Gasteiger partial charge in [-0.05, 0) is 40.1 Å². The van der Waals surface area contributed by atoms with E-state index < -0.39 is 0 Å². The van der Waals surface area contributed by atoms with Gasteiger partial charge in [0.2, 0.25) is 5.91 Å². The standard InChI is InChI=1S/C18H17N5O2/c24-17(12-16-15-9-5-4-6-13(15)10-11-25-16)19-18-20-21-22-23(18)14-7-2-1-3-8-14/h1-9,16H,10-12H2,(H,19,20,22,24). The number of aromatic nitrogens is 4. The maximum Gasteiger partial charge on any atom is 0.254 e. The van der Waals surface area contributed by atoms with Crippen LogP contribution >= 0.6 is 0 Å². The number of carbonyl (C=O) groups excluding carboxylic acids is 1. The van der Waals surface area contributed by atoms with Gasteiger partial charge in [-0.1, -0.05) is 47.6 Å². The van der Waals surface area contributed by atoms with Crippen molar-refractivity contribution >= 4 is 11.9 Å². The highest BCUT2D eigenvalue weighted by atomic mass is 16.5. The molecule has 1 unspecified atom stereocenters. The number of hydrogen-bond acceptors (Lipinski definition) is 5. The molecule has 0 radical (unpaired) electrons. The molecule has 3 aromatic rings. The first-order valence-electron chi connectivity index (χ1n) is 8.14. The van der Waals surface area contributed by atoms with Gasteiger partial charge in [0, 0.05) is 0 Å². The molecule has 4 rings (SSSR count). The number of hydrogen-bond donors (Lipinski definition) is 1. The molecule has 7 heteroatoms. The Labute approximate surface area is 144 Å². The van der Waals surface area contributed by atoms with Crippen LogP contribution < -0.4 is 5.32 Å². The monoisotopic (exact) mass is 335 g/mol. The molecule has 2 heterocycles. The van der Waals surface area contributed by atoms with Gasteiger partial charge in [0.25, 0.3) is 5.95 Å². The van der Waals surface area contributed by atoms with Gasteiger partial charge in [0.05, 0.1) is 24.8 Å². The van der Waals surface area contributed by atoms with Gasteiger partial charge in [-0.3, -0.25) is 10.1 Å². The molecular formula is C18H17N5O2. The van der Waals surface area contributed by atoms with Crippen molar-refractivity contribution in [3.63, 3.8) is 0 Å². The summed E-state index contributed by atoms with van der Waals surface area (Å²) in [6.45, 7) is 0.622. The van der Waals surface area contributed by atoms with Crippen LogP contribution in [0.5, 0.6) is 0 Å². The quantitative estimate of drug-likeness (QED) is 0.791. The number of nitrogens with zero attached hydrogens (tertiary/aromatic N) is 4. The van der Waals surface area contributed by atoms with E-state index >= 15 is 0 Å². The zero-order valence-electron chi connectivity index (χ0n) is 13.5. The molecule has 0 saturated carbocycles. The second kappa shape index (κ2) is 6.82. The Morgan fingerprint density at radius 3 is 2.84 bits per heavy atom. The van der Waals surface area contributed by atoms with Gasteiger partial charge in [0.1, 0.15) is 0 Å². The van der Waals surface area contributed by atoms with Crippen molar-refractivity contribution in [3.05, 3.63) is 65.7 Å². The van der Waals surface area contributed by atoms with Crippen molar-refractivity contribution in [2.75, 3.05) is 11.9 Å². The Kier molecular flexibility index (Phi) is 4.22. The van der Waals surface area contributed by atoms with Crippen LogP contribution in [-0.4, -0.2) is 32.7 Å². The number of rotatable bonds is 4. The second-order valence-corrected chi connectivity index (χ2v) is 5.81. The lowest BCUT2D eigenvalue weighted by atomic mass is 9.96. The number of nitrogens with one attached hydrogen (secondary N) is 1. The lowest BCUT2D eigenvalue weighted by molar-refractivity contribution is -0.119. The lowest BCUT2D eigenvalue weighted by Gasteiger charge is -2.25. The van der Waals surface area contributed by atoms with E-state index in [0.717, 1.165) is 17.7 Å². The van der Waals surface area contributed by atoms with E-state index in [-0.39, 0.29) is 18.4 Å². The zero-order valence-corrected chi connectivity index (χ0v) is 13.5.